The highest BCUT2D eigenvalue weighted by Crippen LogP contribution is 2.45. The molecule has 33 heavy (non-hydrogen) atoms. The van der Waals surface area contributed by atoms with Crippen LogP contribution in [0.5, 0.6) is 5.75 Å². The first-order valence-electron chi connectivity index (χ1n) is 9.81. The summed E-state index contributed by atoms with van der Waals surface area (Å²) in [5, 5.41) is 12.8. The molecule has 3 unspecified atom stereocenters. The number of rotatable bonds is 9. The number of halogens is 1. The molecule has 3 N–H and O–H groups in total. The summed E-state index contributed by atoms with van der Waals surface area (Å²) in [6.45, 7) is 0.924. The Hall–Kier alpha value is -2.83. The molecular weight excluding hydrogens is 464 g/mol. The maximum absolute atomic E-state index is 13.6. The van der Waals surface area contributed by atoms with Crippen LogP contribution < -0.4 is 20.9 Å². The molecule has 1 aromatic carbocycles. The van der Waals surface area contributed by atoms with Gasteiger partial charge in [-0.1, -0.05) is 18.2 Å². The number of para-hydroxylation sites is 1. The third kappa shape index (κ3) is 6.15. The number of aliphatic hydroxyl groups is 1. The highest BCUT2D eigenvalue weighted by Gasteiger charge is 2.39. The summed E-state index contributed by atoms with van der Waals surface area (Å²) in [7, 11) is -3.02. The lowest BCUT2D eigenvalue weighted by atomic mass is 10.2. The lowest BCUT2D eigenvalue weighted by Crippen LogP contribution is -2.36. The quantitative estimate of drug-likeness (QED) is 0.339. The molecule has 3 rings (SSSR count). The molecule has 1 aliphatic heterocycles. The SMILES string of the molecule is COC(=O)C(C)NP(=O)(OC[C@H]1O[C@@H](n2cc(F)c(=O)[nH]c2=O)CC1O)Oc1ccccc1. The number of nitrogens with zero attached hydrogens (tertiary/aromatic N) is 1. The lowest BCUT2D eigenvalue weighted by molar-refractivity contribution is -0.142. The third-order valence-electron chi connectivity index (χ3n) is 4.72. The molecule has 0 amide bonds. The van der Waals surface area contributed by atoms with Crippen molar-refractivity contribution in [3.8, 4) is 5.75 Å². The summed E-state index contributed by atoms with van der Waals surface area (Å²) in [5.74, 6) is -1.73. The monoisotopic (exact) mass is 487 g/mol. The molecular formula is C19H23FN3O9P. The highest BCUT2D eigenvalue weighted by molar-refractivity contribution is 7.52. The van der Waals surface area contributed by atoms with Gasteiger partial charge in [-0.2, -0.15) is 9.48 Å². The Balaban J connectivity index is 1.73. The second-order valence-corrected chi connectivity index (χ2v) is 8.84. The van der Waals surface area contributed by atoms with Crippen molar-refractivity contribution in [2.75, 3.05) is 13.7 Å². The number of methoxy groups -OCH3 is 1. The molecule has 0 bridgehead atoms. The molecule has 1 aliphatic rings. The van der Waals surface area contributed by atoms with Gasteiger partial charge in [-0.3, -0.25) is 23.7 Å². The molecule has 1 aromatic heterocycles. The number of aromatic amines is 1. The molecule has 2 aromatic rings. The van der Waals surface area contributed by atoms with Crippen LogP contribution in [0.25, 0.3) is 0 Å². The molecule has 1 saturated heterocycles. The molecule has 14 heteroatoms. The van der Waals surface area contributed by atoms with E-state index >= 15 is 0 Å². The summed E-state index contributed by atoms with van der Waals surface area (Å²) < 4.78 is 48.7. The number of aromatic nitrogens is 2. The first-order valence-corrected chi connectivity index (χ1v) is 11.4. The molecule has 0 saturated carbocycles. The van der Waals surface area contributed by atoms with Crippen LogP contribution in [-0.2, 0) is 23.4 Å². The fraction of sp³-hybridized carbons (Fsp3) is 0.421. The molecule has 2 heterocycles. The molecule has 5 atom stereocenters. The van der Waals surface area contributed by atoms with E-state index in [2.05, 4.69) is 9.82 Å². The standard InChI is InChI=1S/C19H23FN3O9P/c1-11(18(26)29-2)22-33(28,32-12-6-4-3-5-7-12)30-10-15-14(24)8-16(31-15)23-9-13(20)17(25)21-19(23)27/h3-7,9,11,14-16,24H,8,10H2,1-2H3,(H,22,28)(H,21,25,27)/t11?,14?,15-,16-,33?/m1/s1. The van der Waals surface area contributed by atoms with Crippen LogP contribution in [0.1, 0.15) is 19.6 Å². The molecule has 12 nitrogen and oxygen atoms in total. The van der Waals surface area contributed by atoms with E-state index in [1.54, 1.807) is 23.2 Å². The Morgan fingerprint density at radius 3 is 2.76 bits per heavy atom. The zero-order valence-electron chi connectivity index (χ0n) is 17.7. The van der Waals surface area contributed by atoms with Crippen LogP contribution in [0.3, 0.4) is 0 Å². The van der Waals surface area contributed by atoms with E-state index in [0.29, 0.717) is 6.20 Å². The van der Waals surface area contributed by atoms with Crippen molar-refractivity contribution in [1.29, 1.82) is 0 Å². The largest absolute Gasteiger partial charge is 0.468 e. The maximum Gasteiger partial charge on any atom is 0.459 e. The number of nitrogens with one attached hydrogen (secondary N) is 2. The molecule has 0 aliphatic carbocycles. The van der Waals surface area contributed by atoms with E-state index < -0.39 is 61.9 Å². The smallest absolute Gasteiger partial charge is 0.459 e. The second kappa shape index (κ2) is 10.4. The fourth-order valence-corrected chi connectivity index (χ4v) is 4.56. The Kier molecular flexibility index (Phi) is 7.82. The number of aliphatic hydroxyl groups excluding tert-OH is 1. The number of H-pyrrole nitrogens is 1. The van der Waals surface area contributed by atoms with Crippen molar-refractivity contribution in [2.45, 2.75) is 37.8 Å². The van der Waals surface area contributed by atoms with Crippen molar-refractivity contribution < 1.29 is 37.4 Å². The predicted molar refractivity (Wildman–Crippen MR) is 111 cm³/mol. The Bertz CT molecular complexity index is 1140. The highest BCUT2D eigenvalue weighted by atomic mass is 31.2. The Labute approximate surface area is 186 Å². The lowest BCUT2D eigenvalue weighted by Gasteiger charge is -2.24. The topological polar surface area (TPSA) is 158 Å². The van der Waals surface area contributed by atoms with E-state index in [0.717, 1.165) is 11.7 Å². The van der Waals surface area contributed by atoms with Gasteiger partial charge in [0.05, 0.1) is 26.0 Å². The molecule has 180 valence electrons. The van der Waals surface area contributed by atoms with E-state index in [-0.39, 0.29) is 12.2 Å². The first-order chi connectivity index (χ1) is 15.6. The molecule has 0 spiro atoms. The average Bonchev–Trinajstić information content (AvgIpc) is 3.15. The van der Waals surface area contributed by atoms with Gasteiger partial charge in [0.15, 0.2) is 0 Å². The number of carbonyl (C=O) groups is 1. The number of esters is 1. The zero-order chi connectivity index (χ0) is 24.2. The van der Waals surface area contributed by atoms with Crippen molar-refractivity contribution in [3.05, 3.63) is 63.2 Å². The predicted octanol–water partition coefficient (Wildman–Crippen LogP) is 0.679. The number of hydrogen-bond acceptors (Lipinski definition) is 9. The minimum atomic E-state index is -4.18. The molecule has 0 radical (unpaired) electrons. The van der Waals surface area contributed by atoms with Crippen LogP contribution in [0.2, 0.25) is 0 Å². The minimum absolute atomic E-state index is 0.130. The van der Waals surface area contributed by atoms with Gasteiger partial charge < -0.3 is 19.1 Å². The van der Waals surface area contributed by atoms with Crippen LogP contribution in [0.15, 0.2) is 46.1 Å². The van der Waals surface area contributed by atoms with Gasteiger partial charge in [0.1, 0.15) is 24.1 Å². The summed E-state index contributed by atoms with van der Waals surface area (Å²) in [6, 6.07) is 6.98. The second-order valence-electron chi connectivity index (χ2n) is 7.15. The zero-order valence-corrected chi connectivity index (χ0v) is 18.6. The fourth-order valence-electron chi connectivity index (χ4n) is 3.06. The van der Waals surface area contributed by atoms with E-state index in [4.69, 9.17) is 13.8 Å². The van der Waals surface area contributed by atoms with Crippen LogP contribution in [0.4, 0.5) is 4.39 Å². The van der Waals surface area contributed by atoms with Gasteiger partial charge in [-0.25, -0.2) is 9.36 Å². The van der Waals surface area contributed by atoms with Crippen molar-refractivity contribution in [2.24, 2.45) is 0 Å². The number of carbonyl (C=O) groups excluding carboxylic acids is 1. The van der Waals surface area contributed by atoms with Crippen molar-refractivity contribution >= 4 is 13.7 Å². The Morgan fingerprint density at radius 2 is 2.09 bits per heavy atom. The van der Waals surface area contributed by atoms with Crippen LogP contribution >= 0.6 is 7.75 Å². The van der Waals surface area contributed by atoms with E-state index in [1.165, 1.54) is 19.1 Å². The van der Waals surface area contributed by atoms with Gasteiger partial charge in [0.2, 0.25) is 5.82 Å². The van der Waals surface area contributed by atoms with Crippen LogP contribution in [0, 0.1) is 5.82 Å². The summed E-state index contributed by atoms with van der Waals surface area (Å²) in [4.78, 5) is 36.7. The van der Waals surface area contributed by atoms with Gasteiger partial charge >= 0.3 is 19.4 Å². The third-order valence-corrected chi connectivity index (χ3v) is 6.37. The van der Waals surface area contributed by atoms with Gasteiger partial charge in [-0.15, -0.1) is 0 Å². The summed E-state index contributed by atoms with van der Waals surface area (Å²) in [5.41, 5.74) is -2.11. The van der Waals surface area contributed by atoms with Crippen molar-refractivity contribution in [3.63, 3.8) is 0 Å². The number of hydrogen-bond donors (Lipinski definition) is 3. The van der Waals surface area contributed by atoms with Crippen molar-refractivity contribution in [1.82, 2.24) is 14.6 Å². The van der Waals surface area contributed by atoms with Crippen LogP contribution in [-0.4, -0.2) is 52.6 Å². The average molecular weight is 487 g/mol. The Morgan fingerprint density at radius 1 is 1.39 bits per heavy atom. The molecule has 1 fully saturated rings. The van der Waals surface area contributed by atoms with Gasteiger partial charge in [0.25, 0.3) is 5.56 Å². The normalized spacial score (nSPS) is 23.0. The van der Waals surface area contributed by atoms with Gasteiger partial charge in [0, 0.05) is 6.42 Å². The summed E-state index contributed by atoms with van der Waals surface area (Å²) in [6.07, 6.45) is -2.83. The van der Waals surface area contributed by atoms with E-state index in [1.807, 2.05) is 0 Å². The van der Waals surface area contributed by atoms with E-state index in [9.17, 15) is 28.4 Å². The number of benzene rings is 1. The first kappa shape index (κ1) is 24.8. The van der Waals surface area contributed by atoms with Gasteiger partial charge in [-0.05, 0) is 19.1 Å². The summed E-state index contributed by atoms with van der Waals surface area (Å²) >= 11 is 0. The number of ether oxygens (including phenoxy) is 2. The maximum atomic E-state index is 13.6. The minimum Gasteiger partial charge on any atom is -0.468 e.